The fourth-order valence-corrected chi connectivity index (χ4v) is 3.74. The van der Waals surface area contributed by atoms with E-state index in [1.807, 2.05) is 0 Å². The first-order valence-corrected chi connectivity index (χ1v) is 8.37. The largest absolute Gasteiger partial charge is 1.00 e. The predicted molar refractivity (Wildman–Crippen MR) is 96.4 cm³/mol. The number of carbonyl (C=O) groups is 1. The fraction of sp³-hybridized carbons (Fsp3) is 0.235. The Morgan fingerprint density at radius 2 is 1.48 bits per heavy atom. The molecule has 0 radical (unpaired) electrons. The Balaban J connectivity index is 0.00000312. The number of hydrogen-bond acceptors (Lipinski definition) is 5. The van der Waals surface area contributed by atoms with Crippen LogP contribution in [0.3, 0.4) is 0 Å². The summed E-state index contributed by atoms with van der Waals surface area (Å²) >= 11 is 6.19. The maximum absolute atomic E-state index is 12.8. The molecule has 1 unspecified atom stereocenters. The van der Waals surface area contributed by atoms with Gasteiger partial charge in [0, 0.05) is 12.1 Å². The zero-order valence-corrected chi connectivity index (χ0v) is 16.6. The third kappa shape index (κ3) is 4.83. The number of ether oxygens (including phenoxy) is 4. The third-order valence-electron chi connectivity index (χ3n) is 3.38. The first-order valence-electron chi connectivity index (χ1n) is 6.99. The summed E-state index contributed by atoms with van der Waals surface area (Å²) in [6.45, 7) is 0. The van der Waals surface area contributed by atoms with Gasteiger partial charge >= 0.3 is 18.9 Å². The summed E-state index contributed by atoms with van der Waals surface area (Å²) in [6, 6.07) is 8.51. The monoisotopic (exact) mass is 375 g/mol. The number of rotatable bonds is 7. The van der Waals surface area contributed by atoms with Gasteiger partial charge in [0.2, 0.25) is 0 Å². The number of methoxy groups -OCH3 is 4. The Bertz CT molecular complexity index is 729. The minimum atomic E-state index is -0.248. The van der Waals surface area contributed by atoms with Crippen molar-refractivity contribution in [1.82, 2.24) is 0 Å². The molecule has 8 heteroatoms. The van der Waals surface area contributed by atoms with Gasteiger partial charge in [-0.25, -0.2) is 0 Å². The molecular weight excluding hydrogens is 358 g/mol. The van der Waals surface area contributed by atoms with E-state index in [0.717, 1.165) is 0 Å². The second kappa shape index (κ2) is 9.94. The molecule has 0 aliphatic rings. The van der Waals surface area contributed by atoms with Crippen molar-refractivity contribution in [2.24, 2.45) is 0 Å². The summed E-state index contributed by atoms with van der Waals surface area (Å²) in [4.78, 5) is 12.8. The molecule has 0 aromatic heterocycles. The fourth-order valence-electron chi connectivity index (χ4n) is 2.20. The van der Waals surface area contributed by atoms with Crippen LogP contribution in [0, 0.1) is 0 Å². The topological polar surface area (TPSA) is 54.0 Å². The van der Waals surface area contributed by atoms with Crippen LogP contribution in [0.2, 0.25) is 5.02 Å². The molecule has 0 aliphatic carbocycles. The van der Waals surface area contributed by atoms with Gasteiger partial charge in [0.05, 0.1) is 44.3 Å². The molecule has 2 aromatic carbocycles. The molecule has 0 saturated carbocycles. The minimum absolute atomic E-state index is 0. The average Bonchev–Trinajstić information content (AvgIpc) is 2.61. The van der Waals surface area contributed by atoms with Gasteiger partial charge < -0.3 is 18.9 Å². The van der Waals surface area contributed by atoms with Crippen molar-refractivity contribution >= 4 is 31.0 Å². The quantitative estimate of drug-likeness (QED) is 0.522. The van der Waals surface area contributed by atoms with Crippen molar-refractivity contribution in [1.29, 1.82) is 0 Å². The van der Waals surface area contributed by atoms with E-state index in [-0.39, 0.29) is 33.0 Å². The van der Waals surface area contributed by atoms with Crippen molar-refractivity contribution in [2.45, 2.75) is 0 Å². The van der Waals surface area contributed by atoms with Crippen LogP contribution in [-0.2, 0) is 0 Å². The van der Waals surface area contributed by atoms with Gasteiger partial charge in [-0.05, 0) is 20.7 Å². The normalized spacial score (nSPS) is 10.3. The Hall–Kier alpha value is -1.37. The Morgan fingerprint density at radius 1 is 0.920 bits per heavy atom. The van der Waals surface area contributed by atoms with Crippen LogP contribution in [0.5, 0.6) is 23.0 Å². The molecule has 0 aliphatic heterocycles. The van der Waals surface area contributed by atoms with Crippen LogP contribution in [0.4, 0.5) is 0 Å². The first-order chi connectivity index (χ1) is 11.5. The van der Waals surface area contributed by atoms with E-state index in [0.29, 0.717) is 38.9 Å². The van der Waals surface area contributed by atoms with Gasteiger partial charge in [0.1, 0.15) is 23.0 Å². The third-order valence-corrected chi connectivity index (χ3v) is 4.91. The molecule has 5 nitrogen and oxygen atoms in total. The molecular formula is C17H18ClLiO5P+. The Labute approximate surface area is 165 Å². The smallest absolute Gasteiger partial charge is 0.496 e. The SMILES string of the molecule is COc1cc(OC)c(PC(=O)c2c(Cl)cccc2OC)c(OC)c1.[Li+]. The maximum atomic E-state index is 12.8. The molecule has 0 heterocycles. The van der Waals surface area contributed by atoms with Gasteiger partial charge in [-0.15, -0.1) is 0 Å². The standard InChI is InChI=1S/C17H18ClO5P.Li/c1-20-10-8-13(22-3)16(14(9-10)23-4)24-17(19)15-11(18)6-5-7-12(15)21-2;/h5-9,24H,1-4H3;/q;+1. The van der Waals surface area contributed by atoms with Crippen molar-refractivity contribution in [3.63, 3.8) is 0 Å². The second-order valence-corrected chi connectivity index (χ2v) is 6.29. The van der Waals surface area contributed by atoms with E-state index in [1.54, 1.807) is 37.4 Å². The van der Waals surface area contributed by atoms with Crippen LogP contribution < -0.4 is 43.1 Å². The van der Waals surface area contributed by atoms with E-state index in [2.05, 4.69) is 0 Å². The van der Waals surface area contributed by atoms with Crippen molar-refractivity contribution in [3.8, 4) is 23.0 Å². The summed E-state index contributed by atoms with van der Waals surface area (Å²) in [5.74, 6) is 2.05. The van der Waals surface area contributed by atoms with Crippen LogP contribution in [-0.4, -0.2) is 34.0 Å². The molecule has 0 amide bonds. The Morgan fingerprint density at radius 3 is 1.96 bits per heavy atom. The molecule has 2 rings (SSSR count). The van der Waals surface area contributed by atoms with Crippen molar-refractivity contribution < 1.29 is 42.6 Å². The number of carbonyl (C=O) groups excluding carboxylic acids is 1. The van der Waals surface area contributed by atoms with E-state index < -0.39 is 0 Å². The van der Waals surface area contributed by atoms with Gasteiger partial charge in [-0.1, -0.05) is 17.7 Å². The number of halogens is 1. The zero-order chi connectivity index (χ0) is 17.7. The zero-order valence-electron chi connectivity index (χ0n) is 14.8. The van der Waals surface area contributed by atoms with Crippen LogP contribution in [0.25, 0.3) is 0 Å². The molecule has 0 fully saturated rings. The summed E-state index contributed by atoms with van der Waals surface area (Å²) in [5, 5.41) is 0.992. The van der Waals surface area contributed by atoms with Crippen molar-refractivity contribution in [3.05, 3.63) is 40.9 Å². The molecule has 2 aromatic rings. The van der Waals surface area contributed by atoms with E-state index in [9.17, 15) is 4.79 Å². The second-order valence-electron chi connectivity index (χ2n) is 4.68. The van der Waals surface area contributed by atoms with Crippen LogP contribution in [0.1, 0.15) is 10.4 Å². The summed E-state index contributed by atoms with van der Waals surface area (Å²) in [6.07, 6.45) is 0. The molecule has 0 saturated heterocycles. The molecule has 1 atom stereocenters. The summed E-state index contributed by atoms with van der Waals surface area (Å²) in [5.41, 5.74) is 0.180. The molecule has 0 N–H and O–H groups in total. The Kier molecular flexibility index (Phi) is 8.62. The maximum Gasteiger partial charge on any atom is 1.00 e. The molecule has 0 bridgehead atoms. The van der Waals surface area contributed by atoms with Gasteiger partial charge in [0.15, 0.2) is 5.52 Å². The van der Waals surface area contributed by atoms with Gasteiger partial charge in [-0.2, -0.15) is 0 Å². The first kappa shape index (κ1) is 21.7. The molecule has 128 valence electrons. The average molecular weight is 376 g/mol. The number of hydrogen-bond donors (Lipinski definition) is 0. The van der Waals surface area contributed by atoms with E-state index in [1.165, 1.54) is 21.3 Å². The van der Waals surface area contributed by atoms with E-state index >= 15 is 0 Å². The molecule has 0 spiro atoms. The summed E-state index contributed by atoms with van der Waals surface area (Å²) < 4.78 is 21.2. The molecule has 25 heavy (non-hydrogen) atoms. The number of benzene rings is 2. The predicted octanol–water partition coefficient (Wildman–Crippen LogP) is 0.523. The van der Waals surface area contributed by atoms with E-state index in [4.69, 9.17) is 30.5 Å². The van der Waals surface area contributed by atoms with Gasteiger partial charge in [-0.3, -0.25) is 4.79 Å². The van der Waals surface area contributed by atoms with Crippen LogP contribution in [0.15, 0.2) is 30.3 Å². The summed E-state index contributed by atoms with van der Waals surface area (Å²) in [7, 11) is 5.86. The minimum Gasteiger partial charge on any atom is -0.496 e. The van der Waals surface area contributed by atoms with Gasteiger partial charge in [0.25, 0.3) is 0 Å². The van der Waals surface area contributed by atoms with Crippen molar-refractivity contribution in [2.75, 3.05) is 28.4 Å². The van der Waals surface area contributed by atoms with Crippen LogP contribution >= 0.6 is 20.2 Å².